The van der Waals surface area contributed by atoms with Gasteiger partial charge in [0.2, 0.25) is 0 Å². The van der Waals surface area contributed by atoms with Crippen LogP contribution < -0.4 is 13.6 Å². The molecule has 0 aliphatic rings. The maximum atomic E-state index is 14.6. The van der Waals surface area contributed by atoms with Crippen molar-refractivity contribution in [2.75, 3.05) is 0 Å². The molecule has 3 N–H and O–H groups in total. The second-order valence-electron chi connectivity index (χ2n) is 9.65. The Labute approximate surface area is 248 Å². The molecule has 0 atom stereocenters. The van der Waals surface area contributed by atoms with Crippen LogP contribution in [0.5, 0.6) is 34.5 Å². The lowest BCUT2D eigenvalue weighted by Gasteiger charge is -2.23. The Bertz CT molecular complexity index is 1950. The van der Waals surface area contributed by atoms with Gasteiger partial charge in [0.15, 0.2) is 18.9 Å². The Balaban J connectivity index is 1.56. The van der Waals surface area contributed by atoms with Crippen molar-refractivity contribution in [1.29, 1.82) is 0 Å². The summed E-state index contributed by atoms with van der Waals surface area (Å²) >= 11 is 0. The number of phenols is 3. The number of phosphoric ester groups is 1. The molecule has 0 fully saturated rings. The molecule has 0 unspecified atom stereocenters. The monoisotopic (exact) mass is 608 g/mol. The van der Waals surface area contributed by atoms with E-state index in [9.17, 15) is 34.3 Å². The van der Waals surface area contributed by atoms with E-state index in [0.29, 0.717) is 51.2 Å². The van der Waals surface area contributed by atoms with Crippen LogP contribution in [0.15, 0.2) is 91.0 Å². The van der Waals surface area contributed by atoms with Gasteiger partial charge in [-0.1, -0.05) is 72.8 Å². The average Bonchev–Trinajstić information content (AvgIpc) is 3.01. The Kier molecular flexibility index (Phi) is 7.12. The summed E-state index contributed by atoms with van der Waals surface area (Å²) < 4.78 is 31.9. The molecule has 0 spiro atoms. The summed E-state index contributed by atoms with van der Waals surface area (Å²) in [5.41, 5.74) is -1.15. The van der Waals surface area contributed by atoms with Crippen LogP contribution in [0, 0.1) is 0 Å². The summed E-state index contributed by atoms with van der Waals surface area (Å²) in [7, 11) is -5.11. The van der Waals surface area contributed by atoms with E-state index in [2.05, 4.69) is 0 Å². The molecular weight excluding hydrogens is 587 g/mol. The predicted octanol–water partition coefficient (Wildman–Crippen LogP) is 7.35. The minimum Gasteiger partial charge on any atom is -0.506 e. The van der Waals surface area contributed by atoms with E-state index in [1.807, 2.05) is 0 Å². The fourth-order valence-electron chi connectivity index (χ4n) is 4.94. The lowest BCUT2D eigenvalue weighted by atomic mass is 10.1. The Morgan fingerprint density at radius 3 is 1.02 bits per heavy atom. The first kappa shape index (κ1) is 28.3. The molecule has 6 rings (SSSR count). The largest absolute Gasteiger partial charge is 0.647 e. The molecule has 0 saturated heterocycles. The number of aldehydes is 3. The maximum absolute atomic E-state index is 14.6. The van der Waals surface area contributed by atoms with Crippen LogP contribution in [0.1, 0.15) is 31.1 Å². The summed E-state index contributed by atoms with van der Waals surface area (Å²) in [6.07, 6.45) is 0.872. The fraction of sp³-hybridized carbons (Fsp3) is 0. The standard InChI is InChI=1S/C33H21O10P/c34-16-25-28(13-19-7-1-4-10-22(19)31(25)37)41-44(40,42-29-14-20-8-2-5-11-23(20)32(38)26(29)17-35)43-30-15-21-9-3-6-12-24(21)33(39)27(30)18-36/h1-18,37-39H. The summed E-state index contributed by atoms with van der Waals surface area (Å²) in [6, 6.07) is 23.5. The molecule has 0 bridgehead atoms. The first-order valence-electron chi connectivity index (χ1n) is 13.1. The van der Waals surface area contributed by atoms with E-state index in [-0.39, 0.29) is 16.7 Å². The van der Waals surface area contributed by atoms with E-state index in [4.69, 9.17) is 13.6 Å². The minimum atomic E-state index is -5.11. The molecule has 0 amide bonds. The van der Waals surface area contributed by atoms with Gasteiger partial charge in [-0.05, 0) is 34.4 Å². The third-order valence-corrected chi connectivity index (χ3v) is 8.31. The quantitative estimate of drug-likeness (QED) is 0.112. The fourth-order valence-corrected chi connectivity index (χ4v) is 6.23. The zero-order valence-corrected chi connectivity index (χ0v) is 23.4. The third-order valence-electron chi connectivity index (χ3n) is 7.05. The Hall–Kier alpha value is -5.86. The van der Waals surface area contributed by atoms with E-state index < -0.39 is 42.3 Å². The number of carbonyl (C=O) groups excluding carboxylic acids is 3. The topological polar surface area (TPSA) is 157 Å². The van der Waals surface area contributed by atoms with Gasteiger partial charge in [0.05, 0.1) is 16.7 Å². The Morgan fingerprint density at radius 1 is 0.477 bits per heavy atom. The number of hydrogen-bond donors (Lipinski definition) is 3. The second kappa shape index (κ2) is 11.1. The van der Waals surface area contributed by atoms with Crippen LogP contribution in [-0.4, -0.2) is 34.2 Å². The highest BCUT2D eigenvalue weighted by molar-refractivity contribution is 7.49. The van der Waals surface area contributed by atoms with Crippen molar-refractivity contribution in [3.8, 4) is 34.5 Å². The molecule has 6 aromatic rings. The van der Waals surface area contributed by atoms with Gasteiger partial charge in [0.1, 0.15) is 34.5 Å². The zero-order chi connectivity index (χ0) is 31.0. The number of phenolic OH excluding ortho intramolecular Hbond substituents is 3. The molecule has 0 aliphatic heterocycles. The first-order valence-corrected chi connectivity index (χ1v) is 14.5. The number of benzene rings is 6. The van der Waals surface area contributed by atoms with Gasteiger partial charge in [0.25, 0.3) is 0 Å². The van der Waals surface area contributed by atoms with Gasteiger partial charge in [0, 0.05) is 16.2 Å². The molecule has 6 aromatic carbocycles. The minimum absolute atomic E-state index is 0.291. The van der Waals surface area contributed by atoms with Gasteiger partial charge in [-0.25, -0.2) is 0 Å². The number of fused-ring (bicyclic) bond motifs is 3. The highest BCUT2D eigenvalue weighted by Gasteiger charge is 2.38. The van der Waals surface area contributed by atoms with Crippen molar-refractivity contribution < 1.29 is 47.8 Å². The second-order valence-corrected chi connectivity index (χ2v) is 11.1. The van der Waals surface area contributed by atoms with Crippen molar-refractivity contribution in [3.63, 3.8) is 0 Å². The van der Waals surface area contributed by atoms with Crippen LogP contribution in [-0.2, 0) is 4.57 Å². The van der Waals surface area contributed by atoms with E-state index in [1.165, 1.54) is 18.2 Å². The van der Waals surface area contributed by atoms with Gasteiger partial charge in [-0.15, -0.1) is 0 Å². The van der Waals surface area contributed by atoms with Crippen molar-refractivity contribution in [1.82, 2.24) is 0 Å². The van der Waals surface area contributed by atoms with Gasteiger partial charge in [-0.2, -0.15) is 4.57 Å². The van der Waals surface area contributed by atoms with Crippen molar-refractivity contribution in [2.24, 2.45) is 0 Å². The molecule has 44 heavy (non-hydrogen) atoms. The van der Waals surface area contributed by atoms with E-state index >= 15 is 0 Å². The first-order chi connectivity index (χ1) is 21.3. The number of aromatic hydroxyl groups is 3. The maximum Gasteiger partial charge on any atom is 0.647 e. The molecule has 0 aliphatic carbocycles. The van der Waals surface area contributed by atoms with Crippen LogP contribution in [0.4, 0.5) is 0 Å². The highest BCUT2D eigenvalue weighted by Crippen LogP contribution is 2.54. The molecular formula is C33H21O10P. The van der Waals surface area contributed by atoms with Crippen LogP contribution >= 0.6 is 7.82 Å². The SMILES string of the molecule is O=Cc1c(OP(=O)(Oc2cc3ccccc3c(O)c2C=O)Oc2cc3ccccc3c(O)c2C=O)cc2ccccc2c1O. The molecule has 0 saturated carbocycles. The summed E-state index contributed by atoms with van der Waals surface area (Å²) in [4.78, 5) is 36.3. The third kappa shape index (κ3) is 4.83. The molecule has 0 aromatic heterocycles. The van der Waals surface area contributed by atoms with E-state index in [0.717, 1.165) is 0 Å². The number of phosphoric acid groups is 1. The molecule has 11 heteroatoms. The summed E-state index contributed by atoms with van der Waals surface area (Å²) in [5.74, 6) is -2.62. The molecule has 0 radical (unpaired) electrons. The molecule has 218 valence electrons. The predicted molar refractivity (Wildman–Crippen MR) is 162 cm³/mol. The van der Waals surface area contributed by atoms with Crippen molar-refractivity contribution in [2.45, 2.75) is 0 Å². The number of hydrogen-bond acceptors (Lipinski definition) is 10. The lowest BCUT2D eigenvalue weighted by molar-refractivity contribution is 0.111. The van der Waals surface area contributed by atoms with Gasteiger partial charge < -0.3 is 28.9 Å². The smallest absolute Gasteiger partial charge is 0.506 e. The zero-order valence-electron chi connectivity index (χ0n) is 22.5. The average molecular weight is 608 g/mol. The van der Waals surface area contributed by atoms with Crippen LogP contribution in [0.2, 0.25) is 0 Å². The normalized spacial score (nSPS) is 11.4. The lowest BCUT2D eigenvalue weighted by Crippen LogP contribution is -2.11. The summed E-state index contributed by atoms with van der Waals surface area (Å²) in [5, 5.41) is 34.7. The van der Waals surface area contributed by atoms with Crippen molar-refractivity contribution >= 4 is 59.0 Å². The van der Waals surface area contributed by atoms with Crippen molar-refractivity contribution in [3.05, 3.63) is 108 Å². The highest BCUT2D eigenvalue weighted by atomic mass is 31.2. The number of rotatable bonds is 9. The Morgan fingerprint density at radius 2 is 0.750 bits per heavy atom. The molecule has 10 nitrogen and oxygen atoms in total. The number of carbonyl (C=O) groups is 3. The van der Waals surface area contributed by atoms with Crippen LogP contribution in [0.25, 0.3) is 32.3 Å². The van der Waals surface area contributed by atoms with Gasteiger partial charge in [-0.3, -0.25) is 14.4 Å². The summed E-state index contributed by atoms with van der Waals surface area (Å²) in [6.45, 7) is 0. The van der Waals surface area contributed by atoms with E-state index in [1.54, 1.807) is 72.8 Å². The van der Waals surface area contributed by atoms with Gasteiger partial charge >= 0.3 is 7.82 Å². The van der Waals surface area contributed by atoms with Crippen LogP contribution in [0.3, 0.4) is 0 Å². The molecule has 0 heterocycles.